The Kier molecular flexibility index (Phi) is 3.29. The third kappa shape index (κ3) is 2.66. The molecule has 1 heterocycles. The standard InChI is InChI=1S/C14H14N2O2S/c17-16(18)11-7-5-10(6-8-11)9-14-15-12-3-1-2-4-13(12)19-14/h5-8H,1-4,9H2. The van der Waals surface area contributed by atoms with Gasteiger partial charge in [-0.3, -0.25) is 10.1 Å². The minimum Gasteiger partial charge on any atom is -0.258 e. The molecule has 0 aliphatic heterocycles. The Morgan fingerprint density at radius 2 is 1.95 bits per heavy atom. The summed E-state index contributed by atoms with van der Waals surface area (Å²) in [6, 6.07) is 6.75. The number of aryl methyl sites for hydroxylation is 2. The molecule has 1 aromatic carbocycles. The Morgan fingerprint density at radius 1 is 1.21 bits per heavy atom. The largest absolute Gasteiger partial charge is 0.269 e. The first-order valence-electron chi connectivity index (χ1n) is 6.43. The Labute approximate surface area is 115 Å². The van der Waals surface area contributed by atoms with E-state index in [1.807, 2.05) is 12.1 Å². The van der Waals surface area contributed by atoms with E-state index in [0.717, 1.165) is 29.8 Å². The van der Waals surface area contributed by atoms with Gasteiger partial charge in [-0.15, -0.1) is 11.3 Å². The molecule has 19 heavy (non-hydrogen) atoms. The molecule has 3 rings (SSSR count). The summed E-state index contributed by atoms with van der Waals surface area (Å²) in [6.07, 6.45) is 5.55. The summed E-state index contributed by atoms with van der Waals surface area (Å²) in [4.78, 5) is 16.4. The lowest BCUT2D eigenvalue weighted by Gasteiger charge is -2.06. The molecule has 0 N–H and O–H groups in total. The summed E-state index contributed by atoms with van der Waals surface area (Å²) in [5.74, 6) is 0. The lowest BCUT2D eigenvalue weighted by molar-refractivity contribution is -0.384. The first kappa shape index (κ1) is 12.3. The van der Waals surface area contributed by atoms with Crippen molar-refractivity contribution in [1.82, 2.24) is 4.98 Å². The van der Waals surface area contributed by atoms with Crippen LogP contribution in [0.4, 0.5) is 5.69 Å². The van der Waals surface area contributed by atoms with Crippen molar-refractivity contribution in [3.8, 4) is 0 Å². The van der Waals surface area contributed by atoms with Gasteiger partial charge in [0.25, 0.3) is 5.69 Å². The third-order valence-electron chi connectivity index (χ3n) is 3.39. The number of nitro groups is 1. The van der Waals surface area contributed by atoms with E-state index < -0.39 is 0 Å². The first-order chi connectivity index (χ1) is 9.22. The van der Waals surface area contributed by atoms with Crippen LogP contribution in [0.15, 0.2) is 24.3 Å². The van der Waals surface area contributed by atoms with Crippen LogP contribution in [0.1, 0.15) is 34.0 Å². The summed E-state index contributed by atoms with van der Waals surface area (Å²) < 4.78 is 0. The Morgan fingerprint density at radius 3 is 2.63 bits per heavy atom. The molecule has 2 aromatic rings. The van der Waals surface area contributed by atoms with Crippen molar-refractivity contribution >= 4 is 17.0 Å². The van der Waals surface area contributed by atoms with Crippen molar-refractivity contribution in [3.63, 3.8) is 0 Å². The molecule has 98 valence electrons. The second kappa shape index (κ2) is 5.09. The Hall–Kier alpha value is -1.75. The van der Waals surface area contributed by atoms with Crippen LogP contribution in [-0.2, 0) is 19.3 Å². The first-order valence-corrected chi connectivity index (χ1v) is 7.25. The summed E-state index contributed by atoms with van der Waals surface area (Å²) in [6.45, 7) is 0. The number of hydrogen-bond donors (Lipinski definition) is 0. The predicted molar refractivity (Wildman–Crippen MR) is 74.7 cm³/mol. The molecule has 1 aromatic heterocycles. The lowest BCUT2D eigenvalue weighted by atomic mass is 10.0. The minimum absolute atomic E-state index is 0.141. The maximum Gasteiger partial charge on any atom is 0.269 e. The van der Waals surface area contributed by atoms with Crippen LogP contribution in [0.25, 0.3) is 0 Å². The molecule has 5 heteroatoms. The fraction of sp³-hybridized carbons (Fsp3) is 0.357. The van der Waals surface area contributed by atoms with Gasteiger partial charge in [-0.2, -0.15) is 0 Å². The molecule has 0 radical (unpaired) electrons. The van der Waals surface area contributed by atoms with E-state index in [2.05, 4.69) is 4.98 Å². The number of aromatic nitrogens is 1. The van der Waals surface area contributed by atoms with Gasteiger partial charge in [0.05, 0.1) is 15.6 Å². The van der Waals surface area contributed by atoms with Gasteiger partial charge in [0.2, 0.25) is 0 Å². The van der Waals surface area contributed by atoms with Crippen LogP contribution >= 0.6 is 11.3 Å². The number of thiazole rings is 1. The fourth-order valence-electron chi connectivity index (χ4n) is 2.39. The zero-order valence-electron chi connectivity index (χ0n) is 10.5. The van der Waals surface area contributed by atoms with E-state index in [1.165, 1.54) is 23.4 Å². The molecule has 0 amide bonds. The van der Waals surface area contributed by atoms with Gasteiger partial charge < -0.3 is 0 Å². The van der Waals surface area contributed by atoms with Gasteiger partial charge in [-0.25, -0.2) is 4.98 Å². The number of non-ortho nitro benzene ring substituents is 1. The molecule has 0 atom stereocenters. The smallest absolute Gasteiger partial charge is 0.258 e. The van der Waals surface area contributed by atoms with E-state index in [0.29, 0.717) is 0 Å². The average Bonchev–Trinajstić information content (AvgIpc) is 2.81. The van der Waals surface area contributed by atoms with Gasteiger partial charge in [-0.05, 0) is 31.2 Å². The van der Waals surface area contributed by atoms with Gasteiger partial charge in [0, 0.05) is 23.4 Å². The van der Waals surface area contributed by atoms with Gasteiger partial charge >= 0.3 is 0 Å². The van der Waals surface area contributed by atoms with Crippen molar-refractivity contribution in [1.29, 1.82) is 0 Å². The number of benzene rings is 1. The summed E-state index contributed by atoms with van der Waals surface area (Å²) in [7, 11) is 0. The maximum absolute atomic E-state index is 10.6. The number of nitrogens with zero attached hydrogens (tertiary/aromatic N) is 2. The highest BCUT2D eigenvalue weighted by Crippen LogP contribution is 2.28. The van der Waals surface area contributed by atoms with Crippen LogP contribution in [0.5, 0.6) is 0 Å². The highest BCUT2D eigenvalue weighted by molar-refractivity contribution is 7.11. The molecule has 0 spiro atoms. The highest BCUT2D eigenvalue weighted by atomic mass is 32.1. The Balaban J connectivity index is 1.77. The van der Waals surface area contributed by atoms with E-state index in [1.54, 1.807) is 23.5 Å². The summed E-state index contributed by atoms with van der Waals surface area (Å²) in [5, 5.41) is 11.7. The van der Waals surface area contributed by atoms with Crippen LogP contribution in [0, 0.1) is 10.1 Å². The van der Waals surface area contributed by atoms with Gasteiger partial charge in [0.15, 0.2) is 0 Å². The van der Waals surface area contributed by atoms with Crippen LogP contribution < -0.4 is 0 Å². The second-order valence-corrected chi connectivity index (χ2v) is 5.95. The normalized spacial score (nSPS) is 14.1. The van der Waals surface area contributed by atoms with Crippen LogP contribution in [0.3, 0.4) is 0 Å². The van der Waals surface area contributed by atoms with Crippen molar-refractivity contribution in [2.75, 3.05) is 0 Å². The van der Waals surface area contributed by atoms with Crippen LogP contribution in [-0.4, -0.2) is 9.91 Å². The van der Waals surface area contributed by atoms with Crippen LogP contribution in [0.2, 0.25) is 0 Å². The third-order valence-corrected chi connectivity index (χ3v) is 4.55. The molecule has 1 aliphatic carbocycles. The lowest BCUT2D eigenvalue weighted by Crippen LogP contribution is -1.99. The zero-order valence-corrected chi connectivity index (χ0v) is 11.3. The topological polar surface area (TPSA) is 56.0 Å². The van der Waals surface area contributed by atoms with Crippen molar-refractivity contribution in [3.05, 3.63) is 55.5 Å². The SMILES string of the molecule is O=[N+]([O-])c1ccc(Cc2nc3c(s2)CCCC3)cc1. The molecule has 1 aliphatic rings. The number of fused-ring (bicyclic) bond motifs is 1. The van der Waals surface area contributed by atoms with Gasteiger partial charge in [-0.1, -0.05) is 12.1 Å². The van der Waals surface area contributed by atoms with Crippen molar-refractivity contribution in [2.45, 2.75) is 32.1 Å². The van der Waals surface area contributed by atoms with Crippen molar-refractivity contribution in [2.24, 2.45) is 0 Å². The zero-order chi connectivity index (χ0) is 13.2. The number of hydrogen-bond acceptors (Lipinski definition) is 4. The summed E-state index contributed by atoms with van der Waals surface area (Å²) >= 11 is 1.80. The molecule has 0 bridgehead atoms. The van der Waals surface area contributed by atoms with E-state index in [-0.39, 0.29) is 10.6 Å². The van der Waals surface area contributed by atoms with Crippen molar-refractivity contribution < 1.29 is 4.92 Å². The molecular weight excluding hydrogens is 260 g/mol. The quantitative estimate of drug-likeness (QED) is 0.635. The molecule has 0 unspecified atom stereocenters. The predicted octanol–water partition coefficient (Wildman–Crippen LogP) is 3.52. The van der Waals surface area contributed by atoms with E-state index in [4.69, 9.17) is 0 Å². The number of nitro benzene ring substituents is 1. The van der Waals surface area contributed by atoms with Gasteiger partial charge in [0.1, 0.15) is 0 Å². The number of rotatable bonds is 3. The monoisotopic (exact) mass is 274 g/mol. The maximum atomic E-state index is 10.6. The Bertz CT molecular complexity index is 581. The minimum atomic E-state index is -0.369. The average molecular weight is 274 g/mol. The molecule has 4 nitrogen and oxygen atoms in total. The molecule has 0 saturated heterocycles. The molecule has 0 saturated carbocycles. The van der Waals surface area contributed by atoms with E-state index >= 15 is 0 Å². The highest BCUT2D eigenvalue weighted by Gasteiger charge is 2.15. The molecular formula is C14H14N2O2S. The summed E-state index contributed by atoms with van der Waals surface area (Å²) in [5.41, 5.74) is 2.49. The second-order valence-electron chi connectivity index (χ2n) is 4.78. The molecule has 0 fully saturated rings. The fourth-order valence-corrected chi connectivity index (χ4v) is 3.58. The van der Waals surface area contributed by atoms with E-state index in [9.17, 15) is 10.1 Å².